The van der Waals surface area contributed by atoms with Crippen LogP contribution in [0.2, 0.25) is 0 Å². The Morgan fingerprint density at radius 1 is 1.53 bits per heavy atom. The standard InChI is InChI=1S/C12H24N2O3/c1-12(2,3)17-11(15)14(4)7-5-10-9-13-6-8-16-10/h10,13H,5-9H2,1-4H3/t10-/m0/s1. The lowest BCUT2D eigenvalue weighted by atomic mass is 10.2. The third kappa shape index (κ3) is 5.89. The van der Waals surface area contributed by atoms with Crippen LogP contribution < -0.4 is 5.32 Å². The van der Waals surface area contributed by atoms with Crippen molar-refractivity contribution in [3.8, 4) is 0 Å². The number of nitrogens with one attached hydrogen (secondary N) is 1. The van der Waals surface area contributed by atoms with Gasteiger partial charge in [-0.05, 0) is 27.2 Å². The molecule has 1 N–H and O–H groups in total. The molecule has 1 aliphatic heterocycles. The fourth-order valence-corrected chi connectivity index (χ4v) is 1.57. The molecule has 0 saturated carbocycles. The van der Waals surface area contributed by atoms with Gasteiger partial charge in [-0.25, -0.2) is 4.79 Å². The molecule has 1 rings (SSSR count). The first-order chi connectivity index (χ1) is 7.88. The maximum Gasteiger partial charge on any atom is 0.410 e. The highest BCUT2D eigenvalue weighted by Gasteiger charge is 2.21. The molecule has 1 heterocycles. The Morgan fingerprint density at radius 3 is 2.76 bits per heavy atom. The van der Waals surface area contributed by atoms with Gasteiger partial charge in [-0.3, -0.25) is 0 Å². The molecule has 1 saturated heterocycles. The van der Waals surface area contributed by atoms with E-state index in [1.165, 1.54) is 0 Å². The van der Waals surface area contributed by atoms with Crippen molar-refractivity contribution >= 4 is 6.09 Å². The van der Waals surface area contributed by atoms with Crippen LogP contribution >= 0.6 is 0 Å². The maximum atomic E-state index is 11.7. The highest BCUT2D eigenvalue weighted by molar-refractivity contribution is 5.67. The molecule has 1 fully saturated rings. The molecule has 1 aliphatic rings. The van der Waals surface area contributed by atoms with Gasteiger partial charge in [-0.15, -0.1) is 0 Å². The summed E-state index contributed by atoms with van der Waals surface area (Å²) in [5, 5.41) is 3.27. The Kier molecular flexibility index (Phi) is 5.21. The Bertz CT molecular complexity index is 245. The van der Waals surface area contributed by atoms with Crippen LogP contribution in [0.1, 0.15) is 27.2 Å². The van der Waals surface area contributed by atoms with Crippen molar-refractivity contribution in [3.63, 3.8) is 0 Å². The molecule has 5 heteroatoms. The second-order valence-electron chi connectivity index (χ2n) is 5.39. The molecule has 0 aromatic heterocycles. The van der Waals surface area contributed by atoms with Gasteiger partial charge in [-0.1, -0.05) is 0 Å². The van der Waals surface area contributed by atoms with Crippen molar-refractivity contribution in [2.24, 2.45) is 0 Å². The molecule has 0 radical (unpaired) electrons. The van der Waals surface area contributed by atoms with E-state index >= 15 is 0 Å². The van der Waals surface area contributed by atoms with Gasteiger partial charge in [0.25, 0.3) is 0 Å². The largest absolute Gasteiger partial charge is 0.444 e. The molecule has 0 bridgehead atoms. The van der Waals surface area contributed by atoms with E-state index in [4.69, 9.17) is 9.47 Å². The van der Waals surface area contributed by atoms with Crippen molar-refractivity contribution < 1.29 is 14.3 Å². The Balaban J connectivity index is 2.23. The number of nitrogens with zero attached hydrogens (tertiary/aromatic N) is 1. The molecule has 0 aromatic carbocycles. The summed E-state index contributed by atoms with van der Waals surface area (Å²) in [7, 11) is 1.75. The van der Waals surface area contributed by atoms with Crippen molar-refractivity contribution in [2.45, 2.75) is 38.9 Å². The number of morpholine rings is 1. The van der Waals surface area contributed by atoms with Crippen LogP contribution in [0.3, 0.4) is 0 Å². The minimum atomic E-state index is -0.436. The number of carbonyl (C=O) groups excluding carboxylic acids is 1. The van der Waals surface area contributed by atoms with Crippen LogP contribution in [-0.4, -0.2) is 56.0 Å². The summed E-state index contributed by atoms with van der Waals surface area (Å²) < 4.78 is 10.8. The molecule has 5 nitrogen and oxygen atoms in total. The van der Waals surface area contributed by atoms with Gasteiger partial charge in [0.2, 0.25) is 0 Å². The zero-order valence-corrected chi connectivity index (χ0v) is 11.3. The summed E-state index contributed by atoms with van der Waals surface area (Å²) in [6, 6.07) is 0. The zero-order valence-electron chi connectivity index (χ0n) is 11.3. The second-order valence-corrected chi connectivity index (χ2v) is 5.39. The lowest BCUT2D eigenvalue weighted by molar-refractivity contribution is 0.00897. The van der Waals surface area contributed by atoms with E-state index in [1.54, 1.807) is 11.9 Å². The van der Waals surface area contributed by atoms with Gasteiger partial charge >= 0.3 is 6.09 Å². The van der Waals surface area contributed by atoms with E-state index in [0.29, 0.717) is 6.54 Å². The SMILES string of the molecule is CN(CC[C@H]1CNCCO1)C(=O)OC(C)(C)C. The number of carbonyl (C=O) groups is 1. The normalized spacial score (nSPS) is 21.1. The average Bonchev–Trinajstić information content (AvgIpc) is 2.25. The van der Waals surface area contributed by atoms with E-state index < -0.39 is 5.60 Å². The Hall–Kier alpha value is -0.810. The Labute approximate surface area is 103 Å². The highest BCUT2D eigenvalue weighted by atomic mass is 16.6. The number of hydrogen-bond donors (Lipinski definition) is 1. The van der Waals surface area contributed by atoms with E-state index in [9.17, 15) is 4.79 Å². The Morgan fingerprint density at radius 2 is 2.24 bits per heavy atom. The molecule has 17 heavy (non-hydrogen) atoms. The van der Waals surface area contributed by atoms with Crippen LogP contribution in [0, 0.1) is 0 Å². The van der Waals surface area contributed by atoms with Gasteiger partial charge < -0.3 is 19.7 Å². The number of ether oxygens (including phenoxy) is 2. The van der Waals surface area contributed by atoms with E-state index in [1.807, 2.05) is 20.8 Å². The summed E-state index contributed by atoms with van der Waals surface area (Å²) >= 11 is 0. The van der Waals surface area contributed by atoms with Crippen LogP contribution in [0.15, 0.2) is 0 Å². The summed E-state index contributed by atoms with van der Waals surface area (Å²) in [6.07, 6.45) is 0.762. The molecule has 0 aromatic rings. The predicted octanol–water partition coefficient (Wildman–Crippen LogP) is 1.23. The van der Waals surface area contributed by atoms with Gasteiger partial charge in [0, 0.05) is 26.7 Å². The second kappa shape index (κ2) is 6.21. The van der Waals surface area contributed by atoms with Crippen LogP contribution in [0.25, 0.3) is 0 Å². The molecular formula is C12H24N2O3. The van der Waals surface area contributed by atoms with Gasteiger partial charge in [0.1, 0.15) is 5.60 Å². The first-order valence-corrected chi connectivity index (χ1v) is 6.15. The summed E-state index contributed by atoms with van der Waals surface area (Å²) in [5.41, 5.74) is -0.436. The predicted molar refractivity (Wildman–Crippen MR) is 66.1 cm³/mol. The fourth-order valence-electron chi connectivity index (χ4n) is 1.57. The fraction of sp³-hybridized carbons (Fsp3) is 0.917. The van der Waals surface area contributed by atoms with Crippen LogP contribution in [0.5, 0.6) is 0 Å². The monoisotopic (exact) mass is 244 g/mol. The molecular weight excluding hydrogens is 220 g/mol. The van der Waals surface area contributed by atoms with Crippen molar-refractivity contribution in [1.82, 2.24) is 10.2 Å². The van der Waals surface area contributed by atoms with Crippen molar-refractivity contribution in [1.29, 1.82) is 0 Å². The first-order valence-electron chi connectivity index (χ1n) is 6.15. The first kappa shape index (κ1) is 14.3. The number of amides is 1. The van der Waals surface area contributed by atoms with E-state index in [2.05, 4.69) is 5.32 Å². The van der Waals surface area contributed by atoms with Crippen molar-refractivity contribution in [2.75, 3.05) is 33.3 Å². The van der Waals surface area contributed by atoms with Crippen LogP contribution in [-0.2, 0) is 9.47 Å². The van der Waals surface area contributed by atoms with E-state index in [0.717, 1.165) is 26.1 Å². The summed E-state index contributed by atoms with van der Waals surface area (Å²) in [4.78, 5) is 13.3. The highest BCUT2D eigenvalue weighted by Crippen LogP contribution is 2.10. The molecule has 1 amide bonds. The topological polar surface area (TPSA) is 50.8 Å². The number of hydrogen-bond acceptors (Lipinski definition) is 4. The third-order valence-electron chi connectivity index (χ3n) is 2.50. The van der Waals surface area contributed by atoms with Crippen molar-refractivity contribution in [3.05, 3.63) is 0 Å². The van der Waals surface area contributed by atoms with Gasteiger partial charge in [0.05, 0.1) is 12.7 Å². The average molecular weight is 244 g/mol. The number of rotatable bonds is 3. The quantitative estimate of drug-likeness (QED) is 0.811. The molecule has 0 aliphatic carbocycles. The third-order valence-corrected chi connectivity index (χ3v) is 2.50. The maximum absolute atomic E-state index is 11.7. The molecule has 0 spiro atoms. The smallest absolute Gasteiger partial charge is 0.410 e. The lowest BCUT2D eigenvalue weighted by Gasteiger charge is -2.27. The summed E-state index contributed by atoms with van der Waals surface area (Å²) in [6.45, 7) is 8.79. The molecule has 0 unspecified atom stereocenters. The van der Waals surface area contributed by atoms with E-state index in [-0.39, 0.29) is 12.2 Å². The molecule has 1 atom stereocenters. The van der Waals surface area contributed by atoms with Gasteiger partial charge in [-0.2, -0.15) is 0 Å². The van der Waals surface area contributed by atoms with Gasteiger partial charge in [0.15, 0.2) is 0 Å². The lowest BCUT2D eigenvalue weighted by Crippen LogP contribution is -2.41. The minimum absolute atomic E-state index is 0.202. The van der Waals surface area contributed by atoms with Crippen LogP contribution in [0.4, 0.5) is 4.79 Å². The molecule has 100 valence electrons. The minimum Gasteiger partial charge on any atom is -0.444 e. The summed E-state index contributed by atoms with van der Waals surface area (Å²) in [5.74, 6) is 0. The zero-order chi connectivity index (χ0) is 12.9.